The van der Waals surface area contributed by atoms with Crippen LogP contribution >= 0.6 is 0 Å². The molecule has 1 fully saturated rings. The van der Waals surface area contributed by atoms with E-state index in [4.69, 9.17) is 4.74 Å². The van der Waals surface area contributed by atoms with Gasteiger partial charge in [-0.2, -0.15) is 0 Å². The molecule has 1 atom stereocenters. The van der Waals surface area contributed by atoms with Crippen molar-refractivity contribution in [2.45, 2.75) is 19.4 Å². The number of halogens is 1. The van der Waals surface area contributed by atoms with Crippen LogP contribution in [0, 0.1) is 5.82 Å². The van der Waals surface area contributed by atoms with Crippen molar-refractivity contribution in [1.82, 2.24) is 4.90 Å². The topological polar surface area (TPSA) is 29.5 Å². The van der Waals surface area contributed by atoms with Gasteiger partial charge in [-0.05, 0) is 18.6 Å². The Morgan fingerprint density at radius 1 is 1.50 bits per heavy atom. The minimum Gasteiger partial charge on any atom is -0.376 e. The Balaban J connectivity index is 1.97. The Bertz CT molecular complexity index is 422. The summed E-state index contributed by atoms with van der Waals surface area (Å²) in [6.07, 6.45) is 1.12. The predicted molar refractivity (Wildman–Crippen MR) is 67.2 cm³/mol. The van der Waals surface area contributed by atoms with Crippen molar-refractivity contribution in [2.75, 3.05) is 26.2 Å². The molecule has 1 aliphatic heterocycles. The summed E-state index contributed by atoms with van der Waals surface area (Å²) in [6.45, 7) is 4.45. The Morgan fingerprint density at radius 2 is 2.28 bits per heavy atom. The highest BCUT2D eigenvalue weighted by Gasteiger charge is 2.22. The highest BCUT2D eigenvalue weighted by atomic mass is 19.1. The van der Waals surface area contributed by atoms with Crippen LogP contribution in [-0.4, -0.2) is 43.0 Å². The molecule has 1 unspecified atom stereocenters. The molecule has 1 aromatic carbocycles. The van der Waals surface area contributed by atoms with E-state index in [-0.39, 0.29) is 24.0 Å². The highest BCUT2D eigenvalue weighted by molar-refractivity contribution is 5.97. The van der Waals surface area contributed by atoms with E-state index in [1.54, 1.807) is 12.1 Å². The van der Waals surface area contributed by atoms with Crippen molar-refractivity contribution in [3.8, 4) is 0 Å². The number of morpholine rings is 1. The normalized spacial score (nSPS) is 20.9. The summed E-state index contributed by atoms with van der Waals surface area (Å²) in [5, 5.41) is 0. The van der Waals surface area contributed by atoms with Gasteiger partial charge in [-0.3, -0.25) is 9.69 Å². The van der Waals surface area contributed by atoms with Crippen LogP contribution in [0.1, 0.15) is 23.7 Å². The number of ether oxygens (including phenoxy) is 1. The van der Waals surface area contributed by atoms with Crippen molar-refractivity contribution in [3.05, 3.63) is 35.6 Å². The zero-order valence-corrected chi connectivity index (χ0v) is 10.6. The van der Waals surface area contributed by atoms with E-state index >= 15 is 0 Å². The van der Waals surface area contributed by atoms with Crippen molar-refractivity contribution in [2.24, 2.45) is 0 Å². The van der Waals surface area contributed by atoms with Crippen LogP contribution < -0.4 is 0 Å². The minimum absolute atomic E-state index is 0.162. The molecule has 18 heavy (non-hydrogen) atoms. The van der Waals surface area contributed by atoms with Crippen molar-refractivity contribution in [3.63, 3.8) is 0 Å². The third-order valence-corrected chi connectivity index (χ3v) is 3.22. The third kappa shape index (κ3) is 3.15. The highest BCUT2D eigenvalue weighted by Crippen LogP contribution is 2.11. The number of carbonyl (C=O) groups excluding carboxylic acids is 1. The van der Waals surface area contributed by atoms with Gasteiger partial charge in [0.2, 0.25) is 0 Å². The standard InChI is InChI=1S/C14H18FNO2/c1-2-11-9-16(7-8-18-11)10-14(17)12-5-3-4-6-13(12)15/h3-6,11H,2,7-10H2,1H3. The molecular weight excluding hydrogens is 233 g/mol. The van der Waals surface area contributed by atoms with E-state index < -0.39 is 5.82 Å². The summed E-state index contributed by atoms with van der Waals surface area (Å²) in [5.41, 5.74) is 0.178. The monoisotopic (exact) mass is 251 g/mol. The van der Waals surface area contributed by atoms with Crippen molar-refractivity contribution in [1.29, 1.82) is 0 Å². The molecule has 1 aliphatic rings. The van der Waals surface area contributed by atoms with Gasteiger partial charge in [-0.1, -0.05) is 19.1 Å². The molecule has 1 heterocycles. The summed E-state index contributed by atoms with van der Waals surface area (Å²) < 4.78 is 19.0. The summed E-state index contributed by atoms with van der Waals surface area (Å²) >= 11 is 0. The number of Topliss-reactive ketones (excluding diaryl/α,β-unsaturated/α-hetero) is 1. The van der Waals surface area contributed by atoms with Gasteiger partial charge in [0.1, 0.15) is 5.82 Å². The number of hydrogen-bond donors (Lipinski definition) is 0. The number of rotatable bonds is 4. The summed E-state index contributed by atoms with van der Waals surface area (Å²) in [4.78, 5) is 14.0. The molecule has 3 nitrogen and oxygen atoms in total. The Kier molecular flexibility index (Phi) is 4.44. The number of ketones is 1. The van der Waals surface area contributed by atoms with Gasteiger partial charge < -0.3 is 4.74 Å². The summed E-state index contributed by atoms with van der Waals surface area (Å²) in [6, 6.07) is 6.13. The van der Waals surface area contributed by atoms with Gasteiger partial charge in [0, 0.05) is 13.1 Å². The molecule has 1 aromatic rings. The largest absolute Gasteiger partial charge is 0.376 e. The molecule has 2 rings (SSSR count). The first-order chi connectivity index (χ1) is 8.70. The first kappa shape index (κ1) is 13.2. The average Bonchev–Trinajstić information content (AvgIpc) is 2.39. The lowest BCUT2D eigenvalue weighted by Gasteiger charge is -2.31. The van der Waals surface area contributed by atoms with Crippen molar-refractivity contribution >= 4 is 5.78 Å². The van der Waals surface area contributed by atoms with Gasteiger partial charge in [0.25, 0.3) is 0 Å². The number of nitrogens with zero attached hydrogens (tertiary/aromatic N) is 1. The fourth-order valence-corrected chi connectivity index (χ4v) is 2.15. The molecule has 1 saturated heterocycles. The minimum atomic E-state index is -0.442. The molecule has 0 aliphatic carbocycles. The Labute approximate surface area is 107 Å². The molecule has 0 N–H and O–H groups in total. The second-order valence-corrected chi connectivity index (χ2v) is 4.54. The lowest BCUT2D eigenvalue weighted by Crippen LogP contribution is -2.44. The van der Waals surface area contributed by atoms with E-state index in [1.807, 2.05) is 4.90 Å². The average molecular weight is 251 g/mol. The molecule has 0 spiro atoms. The van der Waals surface area contributed by atoms with Crippen LogP contribution in [0.15, 0.2) is 24.3 Å². The smallest absolute Gasteiger partial charge is 0.179 e. The molecule has 0 amide bonds. The first-order valence-corrected chi connectivity index (χ1v) is 6.32. The Morgan fingerprint density at radius 3 is 3.00 bits per heavy atom. The van der Waals surface area contributed by atoms with Crippen LogP contribution in [0.2, 0.25) is 0 Å². The van der Waals surface area contributed by atoms with E-state index in [0.29, 0.717) is 6.61 Å². The van der Waals surface area contributed by atoms with Crippen LogP contribution in [0.5, 0.6) is 0 Å². The van der Waals surface area contributed by atoms with Gasteiger partial charge >= 0.3 is 0 Å². The maximum absolute atomic E-state index is 13.5. The second-order valence-electron chi connectivity index (χ2n) is 4.54. The lowest BCUT2D eigenvalue weighted by atomic mass is 10.1. The van der Waals surface area contributed by atoms with Gasteiger partial charge in [-0.25, -0.2) is 4.39 Å². The van der Waals surface area contributed by atoms with Crippen LogP contribution in [0.4, 0.5) is 4.39 Å². The van der Waals surface area contributed by atoms with E-state index in [2.05, 4.69) is 6.92 Å². The van der Waals surface area contributed by atoms with Crippen LogP contribution in [-0.2, 0) is 4.74 Å². The second kappa shape index (κ2) is 6.07. The molecule has 0 aromatic heterocycles. The maximum Gasteiger partial charge on any atom is 0.179 e. The predicted octanol–water partition coefficient (Wildman–Crippen LogP) is 2.12. The number of benzene rings is 1. The van der Waals surface area contributed by atoms with Gasteiger partial charge in [-0.15, -0.1) is 0 Å². The van der Waals surface area contributed by atoms with Crippen LogP contribution in [0.3, 0.4) is 0 Å². The fraction of sp³-hybridized carbons (Fsp3) is 0.500. The quantitative estimate of drug-likeness (QED) is 0.768. The lowest BCUT2D eigenvalue weighted by molar-refractivity contribution is -0.0271. The number of hydrogen-bond acceptors (Lipinski definition) is 3. The first-order valence-electron chi connectivity index (χ1n) is 6.32. The summed E-state index contributed by atoms with van der Waals surface area (Å²) in [5.74, 6) is -0.604. The molecular formula is C14H18FNO2. The Hall–Kier alpha value is -1.26. The van der Waals surface area contributed by atoms with E-state index in [1.165, 1.54) is 12.1 Å². The SMILES string of the molecule is CCC1CN(CC(=O)c2ccccc2F)CCO1. The third-order valence-electron chi connectivity index (χ3n) is 3.22. The van der Waals surface area contributed by atoms with Gasteiger partial charge in [0.05, 0.1) is 24.8 Å². The fourth-order valence-electron chi connectivity index (χ4n) is 2.15. The van der Waals surface area contributed by atoms with Crippen molar-refractivity contribution < 1.29 is 13.9 Å². The molecule has 98 valence electrons. The molecule has 0 saturated carbocycles. The molecule has 0 radical (unpaired) electrons. The zero-order valence-electron chi connectivity index (χ0n) is 10.6. The molecule has 4 heteroatoms. The maximum atomic E-state index is 13.5. The van der Waals surface area contributed by atoms with E-state index in [9.17, 15) is 9.18 Å². The van der Waals surface area contributed by atoms with Crippen LogP contribution in [0.25, 0.3) is 0 Å². The van der Waals surface area contributed by atoms with Gasteiger partial charge in [0.15, 0.2) is 5.78 Å². The number of carbonyl (C=O) groups is 1. The summed E-state index contributed by atoms with van der Waals surface area (Å²) in [7, 11) is 0. The zero-order chi connectivity index (χ0) is 13.0. The molecule has 0 bridgehead atoms. The van der Waals surface area contributed by atoms with E-state index in [0.717, 1.165) is 19.5 Å².